The molecule has 0 aromatic carbocycles. The van der Waals surface area contributed by atoms with Gasteiger partial charge in [0.1, 0.15) is 0 Å². The van der Waals surface area contributed by atoms with Crippen LogP contribution in [0.2, 0.25) is 0 Å². The number of hydrogen-bond donors (Lipinski definition) is 1. The van der Waals surface area contributed by atoms with Crippen molar-refractivity contribution in [1.29, 1.82) is 0 Å². The minimum atomic E-state index is -0.639. The number of alkyl halides is 1. The Hall–Kier alpha value is 0.200. The SMILES string of the molecule is O=C(O)[C@H]1C[C@H]1I. The largest absolute Gasteiger partial charge is 0.481 e. The Morgan fingerprint density at radius 3 is 2.29 bits per heavy atom. The van der Waals surface area contributed by atoms with Crippen molar-refractivity contribution in [3.8, 4) is 0 Å². The smallest absolute Gasteiger partial charge is 0.307 e. The fourth-order valence-corrected chi connectivity index (χ4v) is 1.28. The van der Waals surface area contributed by atoms with E-state index in [1.165, 1.54) is 0 Å². The summed E-state index contributed by atoms with van der Waals surface area (Å²) < 4.78 is 0.412. The second kappa shape index (κ2) is 1.61. The standard InChI is InChI=1S/C4H5IO2/c5-3-1-2(3)4(6)7/h2-3H,1H2,(H,6,7)/t2-,3+/m0/s1. The molecule has 0 aromatic heterocycles. The Balaban J connectivity index is 2.33. The molecule has 1 aliphatic rings. The quantitative estimate of drug-likeness (QED) is 0.517. The predicted octanol–water partition coefficient (Wildman–Crippen LogP) is 0.895. The third kappa shape index (κ3) is 1.05. The highest BCUT2D eigenvalue weighted by Crippen LogP contribution is 2.37. The number of carboxylic acid groups (broad SMARTS) is 1. The molecule has 40 valence electrons. The third-order valence-electron chi connectivity index (χ3n) is 1.03. The first kappa shape index (κ1) is 5.34. The van der Waals surface area contributed by atoms with Crippen molar-refractivity contribution in [2.75, 3.05) is 0 Å². The fraction of sp³-hybridized carbons (Fsp3) is 0.750. The van der Waals surface area contributed by atoms with E-state index in [9.17, 15) is 4.79 Å². The monoisotopic (exact) mass is 212 g/mol. The van der Waals surface area contributed by atoms with Gasteiger partial charge in [0.05, 0.1) is 5.92 Å². The molecule has 1 rings (SSSR count). The Morgan fingerprint density at radius 2 is 2.29 bits per heavy atom. The molecule has 3 heteroatoms. The first-order valence-corrected chi connectivity index (χ1v) is 3.33. The first-order valence-electron chi connectivity index (χ1n) is 2.08. The van der Waals surface area contributed by atoms with Crippen LogP contribution in [0.5, 0.6) is 0 Å². The zero-order valence-electron chi connectivity index (χ0n) is 3.60. The van der Waals surface area contributed by atoms with Crippen molar-refractivity contribution < 1.29 is 9.90 Å². The van der Waals surface area contributed by atoms with Crippen LogP contribution in [0.1, 0.15) is 6.42 Å². The van der Waals surface area contributed by atoms with Crippen molar-refractivity contribution in [3.05, 3.63) is 0 Å². The van der Waals surface area contributed by atoms with Gasteiger partial charge >= 0.3 is 5.97 Å². The molecule has 2 atom stereocenters. The van der Waals surface area contributed by atoms with E-state index in [0.717, 1.165) is 6.42 Å². The van der Waals surface area contributed by atoms with E-state index in [0.29, 0.717) is 3.92 Å². The Morgan fingerprint density at radius 1 is 1.86 bits per heavy atom. The molecule has 0 aromatic rings. The van der Waals surface area contributed by atoms with Gasteiger partial charge in [-0.05, 0) is 6.42 Å². The summed E-state index contributed by atoms with van der Waals surface area (Å²) in [5, 5.41) is 8.22. The summed E-state index contributed by atoms with van der Waals surface area (Å²) in [5.74, 6) is -0.667. The van der Waals surface area contributed by atoms with Crippen LogP contribution >= 0.6 is 22.6 Å². The van der Waals surface area contributed by atoms with Gasteiger partial charge in [0.25, 0.3) is 0 Å². The number of rotatable bonds is 1. The zero-order chi connectivity index (χ0) is 5.44. The van der Waals surface area contributed by atoms with Crippen LogP contribution in [-0.2, 0) is 4.79 Å². The maximum absolute atomic E-state index is 9.97. The molecule has 0 bridgehead atoms. The molecule has 0 radical (unpaired) electrons. The van der Waals surface area contributed by atoms with Gasteiger partial charge in [-0.2, -0.15) is 0 Å². The molecule has 0 amide bonds. The van der Waals surface area contributed by atoms with Gasteiger partial charge in [-0.15, -0.1) is 0 Å². The molecular formula is C4H5IO2. The molecule has 0 heterocycles. The maximum atomic E-state index is 9.97. The predicted molar refractivity (Wildman–Crippen MR) is 33.6 cm³/mol. The van der Waals surface area contributed by atoms with Crippen molar-refractivity contribution in [3.63, 3.8) is 0 Å². The molecule has 1 N–H and O–H groups in total. The second-order valence-corrected chi connectivity index (χ2v) is 3.30. The van der Waals surface area contributed by atoms with Crippen molar-refractivity contribution in [2.45, 2.75) is 10.3 Å². The lowest BCUT2D eigenvalue weighted by Crippen LogP contribution is -1.97. The van der Waals surface area contributed by atoms with E-state index in [1.54, 1.807) is 0 Å². The van der Waals surface area contributed by atoms with Crippen LogP contribution in [0.25, 0.3) is 0 Å². The summed E-state index contributed by atoms with van der Waals surface area (Å²) in [4.78, 5) is 9.97. The summed E-state index contributed by atoms with van der Waals surface area (Å²) in [6, 6.07) is 0. The van der Waals surface area contributed by atoms with E-state index < -0.39 is 5.97 Å². The molecule has 1 saturated carbocycles. The Bertz CT molecular complexity index is 102. The molecule has 1 fully saturated rings. The first-order chi connectivity index (χ1) is 3.22. The summed E-state index contributed by atoms with van der Waals surface area (Å²) >= 11 is 2.15. The van der Waals surface area contributed by atoms with Gasteiger partial charge in [-0.1, -0.05) is 22.6 Å². The van der Waals surface area contributed by atoms with Crippen LogP contribution in [-0.4, -0.2) is 15.0 Å². The van der Waals surface area contributed by atoms with Crippen LogP contribution < -0.4 is 0 Å². The van der Waals surface area contributed by atoms with E-state index in [4.69, 9.17) is 5.11 Å². The maximum Gasteiger partial charge on any atom is 0.307 e. The molecule has 2 nitrogen and oxygen atoms in total. The summed E-state index contributed by atoms with van der Waals surface area (Å²) in [5.41, 5.74) is 0. The van der Waals surface area contributed by atoms with Crippen molar-refractivity contribution >= 4 is 28.6 Å². The van der Waals surface area contributed by atoms with Crippen LogP contribution in [0.4, 0.5) is 0 Å². The van der Waals surface area contributed by atoms with E-state index >= 15 is 0 Å². The number of carbonyl (C=O) groups is 1. The lowest BCUT2D eigenvalue weighted by molar-refractivity contribution is -0.138. The number of hydrogen-bond acceptors (Lipinski definition) is 1. The summed E-state index contributed by atoms with van der Waals surface area (Å²) in [7, 11) is 0. The van der Waals surface area contributed by atoms with Crippen LogP contribution in [0.15, 0.2) is 0 Å². The van der Waals surface area contributed by atoms with Gasteiger partial charge in [0.2, 0.25) is 0 Å². The number of halogens is 1. The minimum absolute atomic E-state index is 0.0272. The van der Waals surface area contributed by atoms with E-state index in [1.807, 2.05) is 0 Å². The van der Waals surface area contributed by atoms with Gasteiger partial charge in [-0.3, -0.25) is 4.79 Å². The number of aliphatic carboxylic acids is 1. The Kier molecular flexibility index (Phi) is 1.23. The molecule has 0 spiro atoms. The molecule has 1 aliphatic carbocycles. The second-order valence-electron chi connectivity index (χ2n) is 1.70. The average Bonchev–Trinajstić information content (AvgIpc) is 2.17. The summed E-state index contributed by atoms with van der Waals surface area (Å²) in [6.45, 7) is 0. The fourth-order valence-electron chi connectivity index (χ4n) is 0.420. The van der Waals surface area contributed by atoms with Gasteiger partial charge < -0.3 is 5.11 Å². The normalized spacial score (nSPS) is 37.9. The highest BCUT2D eigenvalue weighted by atomic mass is 127. The molecule has 0 aliphatic heterocycles. The topological polar surface area (TPSA) is 37.3 Å². The van der Waals surface area contributed by atoms with Gasteiger partial charge in [-0.25, -0.2) is 0 Å². The van der Waals surface area contributed by atoms with Crippen LogP contribution in [0.3, 0.4) is 0 Å². The Labute approximate surface area is 55.0 Å². The number of carboxylic acids is 1. The average molecular weight is 212 g/mol. The third-order valence-corrected chi connectivity index (χ3v) is 2.41. The van der Waals surface area contributed by atoms with Crippen molar-refractivity contribution in [2.24, 2.45) is 5.92 Å². The van der Waals surface area contributed by atoms with E-state index in [-0.39, 0.29) is 5.92 Å². The lowest BCUT2D eigenvalue weighted by Gasteiger charge is -1.78. The minimum Gasteiger partial charge on any atom is -0.481 e. The highest BCUT2D eigenvalue weighted by molar-refractivity contribution is 14.1. The van der Waals surface area contributed by atoms with Gasteiger partial charge in [0, 0.05) is 3.92 Å². The van der Waals surface area contributed by atoms with Gasteiger partial charge in [0.15, 0.2) is 0 Å². The van der Waals surface area contributed by atoms with Crippen molar-refractivity contribution in [1.82, 2.24) is 0 Å². The molecular weight excluding hydrogens is 207 g/mol. The lowest BCUT2D eigenvalue weighted by atomic mass is 10.5. The molecule has 0 saturated heterocycles. The molecule has 7 heavy (non-hydrogen) atoms. The molecule has 0 unspecified atom stereocenters. The van der Waals surface area contributed by atoms with Crippen LogP contribution in [0, 0.1) is 5.92 Å². The summed E-state index contributed by atoms with van der Waals surface area (Å²) in [6.07, 6.45) is 0.871. The van der Waals surface area contributed by atoms with E-state index in [2.05, 4.69) is 22.6 Å². The highest BCUT2D eigenvalue weighted by Gasteiger charge is 2.40. The zero-order valence-corrected chi connectivity index (χ0v) is 5.75.